The van der Waals surface area contributed by atoms with E-state index in [1.807, 2.05) is 0 Å². The minimum Gasteiger partial charge on any atom is -0.449 e. The predicted molar refractivity (Wildman–Crippen MR) is 275 cm³/mol. The van der Waals surface area contributed by atoms with Gasteiger partial charge < -0.3 is 24.0 Å². The standard InChI is InChI=1S/C54H92Cl4N2O5/c1-5-6-7-8-9-10-11-12-13-14-15-16-17-18-19-39-63-46-27-29-53(3)45(40-46)23-24-47-49-26-25-48(54(49,4)30-28-50(47)53)43(2)21-20-22-44(41-64-51(61)59(35-31-55)36-32-56)42-65-52(62)60(37-33-57)38-34-58/h12-13,23,43-44,46-50H,5-11,14-22,24-42H2,1-4H3/b13-12-/t43-,46+,47+,48-,49+,50+,53+,54-/m1/s1. The summed E-state index contributed by atoms with van der Waals surface area (Å²) in [6.07, 6.45) is 37.5. The Bertz CT molecular complexity index is 1360. The molecule has 2 amide bonds. The molecular formula is C54H92Cl4N2O5. The van der Waals surface area contributed by atoms with E-state index < -0.39 is 12.2 Å². The van der Waals surface area contributed by atoms with E-state index in [0.29, 0.717) is 78.5 Å². The van der Waals surface area contributed by atoms with Crippen molar-refractivity contribution in [2.24, 2.45) is 46.3 Å². The lowest BCUT2D eigenvalue weighted by Crippen LogP contribution is -2.51. The summed E-state index contributed by atoms with van der Waals surface area (Å²) < 4.78 is 18.1. The summed E-state index contributed by atoms with van der Waals surface area (Å²) in [6, 6.07) is 0. The first kappa shape index (κ1) is 56.7. The number of allylic oxidation sites excluding steroid dienone is 3. The average Bonchev–Trinajstić information content (AvgIpc) is 3.66. The van der Waals surface area contributed by atoms with Crippen molar-refractivity contribution in [1.82, 2.24) is 9.80 Å². The van der Waals surface area contributed by atoms with Gasteiger partial charge in [-0.25, -0.2) is 9.59 Å². The topological polar surface area (TPSA) is 68.3 Å². The van der Waals surface area contributed by atoms with Crippen LogP contribution in [0.1, 0.15) is 182 Å². The number of nitrogens with zero attached hydrogens (tertiary/aromatic N) is 2. The lowest BCUT2D eigenvalue weighted by atomic mass is 9.47. The molecule has 0 N–H and O–H groups in total. The molecular weight excluding hydrogens is 898 g/mol. The lowest BCUT2D eigenvalue weighted by molar-refractivity contribution is -0.0641. The molecule has 0 spiro atoms. The summed E-state index contributed by atoms with van der Waals surface area (Å²) in [5, 5.41) is 0. The van der Waals surface area contributed by atoms with E-state index in [2.05, 4.69) is 45.9 Å². The molecule has 0 unspecified atom stereocenters. The molecule has 4 aliphatic rings. The number of carbonyl (C=O) groups is 2. The van der Waals surface area contributed by atoms with Crippen molar-refractivity contribution in [2.75, 3.05) is 69.5 Å². The largest absolute Gasteiger partial charge is 0.449 e. The first-order valence-corrected chi connectivity index (χ1v) is 28.7. The molecule has 0 aliphatic heterocycles. The zero-order valence-electron chi connectivity index (χ0n) is 41.5. The molecule has 4 rings (SSSR count). The second-order valence-corrected chi connectivity index (χ2v) is 22.5. The maximum Gasteiger partial charge on any atom is 0.409 e. The highest BCUT2D eigenvalue weighted by Gasteiger charge is 2.59. The number of amides is 2. The van der Waals surface area contributed by atoms with Crippen molar-refractivity contribution in [3.8, 4) is 0 Å². The number of ether oxygens (including phenoxy) is 3. The van der Waals surface area contributed by atoms with Crippen LogP contribution in [0.2, 0.25) is 0 Å². The smallest absolute Gasteiger partial charge is 0.409 e. The fourth-order valence-electron chi connectivity index (χ4n) is 12.9. The highest BCUT2D eigenvalue weighted by molar-refractivity contribution is 6.19. The lowest BCUT2D eigenvalue weighted by Gasteiger charge is -2.58. The number of unbranched alkanes of at least 4 members (excludes halogenated alkanes) is 11. The maximum absolute atomic E-state index is 12.9. The summed E-state index contributed by atoms with van der Waals surface area (Å²) in [5.41, 5.74) is 2.42. The average molecular weight is 991 g/mol. The molecule has 0 radical (unpaired) electrons. The van der Waals surface area contributed by atoms with Crippen LogP contribution < -0.4 is 0 Å². The Kier molecular flexibility index (Phi) is 27.4. The number of hydrogen-bond acceptors (Lipinski definition) is 5. The third kappa shape index (κ3) is 17.8. The fourth-order valence-corrected chi connectivity index (χ4v) is 13.7. The Morgan fingerprint density at radius 1 is 0.708 bits per heavy atom. The fraction of sp³-hybridized carbons (Fsp3) is 0.889. The molecule has 0 bridgehead atoms. The molecule has 11 heteroatoms. The van der Waals surface area contributed by atoms with Gasteiger partial charge in [-0.1, -0.05) is 116 Å². The second kappa shape index (κ2) is 31.4. The number of fused-ring (bicyclic) bond motifs is 5. The van der Waals surface area contributed by atoms with Crippen LogP contribution in [0.5, 0.6) is 0 Å². The van der Waals surface area contributed by atoms with Crippen molar-refractivity contribution in [3.63, 3.8) is 0 Å². The Morgan fingerprint density at radius 2 is 1.28 bits per heavy atom. The number of alkyl halides is 4. The minimum atomic E-state index is -0.439. The van der Waals surface area contributed by atoms with E-state index in [4.69, 9.17) is 60.6 Å². The van der Waals surface area contributed by atoms with Gasteiger partial charge in [-0.2, -0.15) is 0 Å². The first-order chi connectivity index (χ1) is 31.6. The van der Waals surface area contributed by atoms with Crippen LogP contribution >= 0.6 is 46.4 Å². The van der Waals surface area contributed by atoms with Gasteiger partial charge in [-0.3, -0.25) is 0 Å². The normalized spacial score (nSPS) is 26.7. The molecule has 376 valence electrons. The zero-order valence-corrected chi connectivity index (χ0v) is 44.5. The van der Waals surface area contributed by atoms with Gasteiger partial charge >= 0.3 is 12.2 Å². The summed E-state index contributed by atoms with van der Waals surface area (Å²) in [4.78, 5) is 29.0. The summed E-state index contributed by atoms with van der Waals surface area (Å²) in [7, 11) is 0. The van der Waals surface area contributed by atoms with Crippen LogP contribution in [0.4, 0.5) is 9.59 Å². The van der Waals surface area contributed by atoms with Gasteiger partial charge in [-0.15, -0.1) is 46.4 Å². The number of rotatable bonds is 33. The Morgan fingerprint density at radius 3 is 1.86 bits per heavy atom. The third-order valence-corrected chi connectivity index (χ3v) is 17.3. The maximum atomic E-state index is 12.9. The van der Waals surface area contributed by atoms with Crippen molar-refractivity contribution >= 4 is 58.6 Å². The summed E-state index contributed by atoms with van der Waals surface area (Å²) >= 11 is 23.8. The van der Waals surface area contributed by atoms with Gasteiger partial charge in [0, 0.05) is 62.2 Å². The van der Waals surface area contributed by atoms with Gasteiger partial charge in [0.05, 0.1) is 19.3 Å². The van der Waals surface area contributed by atoms with Gasteiger partial charge in [0.1, 0.15) is 0 Å². The molecule has 7 nitrogen and oxygen atoms in total. The molecule has 4 aliphatic carbocycles. The Balaban J connectivity index is 1.20. The molecule has 0 saturated heterocycles. The number of hydrogen-bond donors (Lipinski definition) is 0. The van der Waals surface area contributed by atoms with Crippen LogP contribution in [0.3, 0.4) is 0 Å². The number of carbonyl (C=O) groups excluding carboxylic acids is 2. The van der Waals surface area contributed by atoms with Crippen LogP contribution in [-0.2, 0) is 14.2 Å². The monoisotopic (exact) mass is 989 g/mol. The molecule has 3 fully saturated rings. The van der Waals surface area contributed by atoms with Crippen LogP contribution in [-0.4, -0.2) is 97.6 Å². The molecule has 0 aromatic rings. The van der Waals surface area contributed by atoms with Crippen molar-refractivity contribution in [2.45, 2.75) is 188 Å². The van der Waals surface area contributed by atoms with Crippen LogP contribution in [0.25, 0.3) is 0 Å². The Hall–Kier alpha value is -0.860. The van der Waals surface area contributed by atoms with Gasteiger partial charge in [0.15, 0.2) is 0 Å². The minimum absolute atomic E-state index is 0.128. The Labute approximate surface area is 417 Å². The van der Waals surface area contributed by atoms with Crippen LogP contribution in [0, 0.1) is 46.3 Å². The molecule has 0 aromatic carbocycles. The van der Waals surface area contributed by atoms with Gasteiger partial charge in [0.25, 0.3) is 0 Å². The quantitative estimate of drug-likeness (QED) is 0.0372. The highest BCUT2D eigenvalue weighted by atomic mass is 35.5. The van der Waals surface area contributed by atoms with Crippen molar-refractivity contribution < 1.29 is 23.8 Å². The van der Waals surface area contributed by atoms with Crippen molar-refractivity contribution in [1.29, 1.82) is 0 Å². The van der Waals surface area contributed by atoms with E-state index in [1.54, 1.807) is 5.57 Å². The predicted octanol–water partition coefficient (Wildman–Crippen LogP) is 15.9. The van der Waals surface area contributed by atoms with Gasteiger partial charge in [-0.05, 0) is 130 Å². The molecule has 0 aromatic heterocycles. The van der Waals surface area contributed by atoms with E-state index in [1.165, 1.54) is 138 Å². The summed E-state index contributed by atoms with van der Waals surface area (Å²) in [6.45, 7) is 12.7. The molecule has 8 atom stereocenters. The van der Waals surface area contributed by atoms with Gasteiger partial charge in [0.2, 0.25) is 0 Å². The van der Waals surface area contributed by atoms with E-state index in [-0.39, 0.29) is 19.1 Å². The molecule has 65 heavy (non-hydrogen) atoms. The van der Waals surface area contributed by atoms with Crippen molar-refractivity contribution in [3.05, 3.63) is 23.8 Å². The van der Waals surface area contributed by atoms with E-state index in [0.717, 1.165) is 50.0 Å². The summed E-state index contributed by atoms with van der Waals surface area (Å²) in [5.74, 6) is 4.75. The highest BCUT2D eigenvalue weighted by Crippen LogP contribution is 2.67. The van der Waals surface area contributed by atoms with E-state index in [9.17, 15) is 9.59 Å². The van der Waals surface area contributed by atoms with E-state index >= 15 is 0 Å². The SMILES string of the molecule is CCCCCCCC/C=C\CCCCCCCO[C@H]1CC[C@@]2(C)C(=CC[C@H]3[C@@H]4CC[C@H]([C@H](C)CCCC(COC(=O)N(CCCl)CCCl)COC(=O)N(CCCl)CCCl)[C@@]4(C)CC[C@@H]32)C1. The molecule has 0 heterocycles. The third-order valence-electron chi connectivity index (χ3n) is 16.7. The number of halogens is 4. The second-order valence-electron chi connectivity index (χ2n) is 21.0. The molecule has 3 saturated carbocycles. The van der Waals surface area contributed by atoms with Crippen LogP contribution in [0.15, 0.2) is 23.8 Å². The zero-order chi connectivity index (χ0) is 46.9. The first-order valence-electron chi connectivity index (χ1n) is 26.6.